The lowest BCUT2D eigenvalue weighted by Gasteiger charge is -2.09. The Labute approximate surface area is 101 Å². The van der Waals surface area contributed by atoms with E-state index in [9.17, 15) is 0 Å². The second kappa shape index (κ2) is 4.60. The molecular formula is C15H15NO. The molecule has 0 atom stereocenters. The van der Waals surface area contributed by atoms with E-state index in [0.717, 1.165) is 25.4 Å². The molecule has 0 amide bonds. The number of rotatable bonds is 1. The van der Waals surface area contributed by atoms with E-state index in [2.05, 4.69) is 47.8 Å². The summed E-state index contributed by atoms with van der Waals surface area (Å²) >= 11 is 0. The van der Waals surface area contributed by atoms with Crippen molar-refractivity contribution in [2.75, 3.05) is 13.2 Å². The van der Waals surface area contributed by atoms with Crippen LogP contribution in [0.15, 0.2) is 48.5 Å². The van der Waals surface area contributed by atoms with Gasteiger partial charge in [-0.2, -0.15) is 0 Å². The van der Waals surface area contributed by atoms with Crippen LogP contribution in [0.2, 0.25) is 0 Å². The van der Waals surface area contributed by atoms with Gasteiger partial charge in [-0.3, -0.25) is 0 Å². The lowest BCUT2D eigenvalue weighted by atomic mass is 10.0. The molecule has 0 aromatic heterocycles. The van der Waals surface area contributed by atoms with Crippen LogP contribution in [0.4, 0.5) is 0 Å². The molecule has 0 bridgehead atoms. The fraction of sp³-hybridized carbons (Fsp3) is 0.200. The fourth-order valence-electron chi connectivity index (χ4n) is 2.12. The van der Waals surface area contributed by atoms with Crippen LogP contribution in [0.25, 0.3) is 11.1 Å². The Hall–Kier alpha value is -1.80. The van der Waals surface area contributed by atoms with Gasteiger partial charge in [-0.05, 0) is 23.3 Å². The van der Waals surface area contributed by atoms with Gasteiger partial charge in [0.2, 0.25) is 0 Å². The van der Waals surface area contributed by atoms with Crippen molar-refractivity contribution in [3.63, 3.8) is 0 Å². The van der Waals surface area contributed by atoms with Gasteiger partial charge in [-0.25, -0.2) is 0 Å². The molecule has 1 aliphatic heterocycles. The highest BCUT2D eigenvalue weighted by atomic mass is 16.5. The van der Waals surface area contributed by atoms with E-state index in [1.165, 1.54) is 16.7 Å². The van der Waals surface area contributed by atoms with Crippen LogP contribution in [0, 0.1) is 0 Å². The van der Waals surface area contributed by atoms with Crippen LogP contribution in [-0.4, -0.2) is 13.2 Å². The zero-order valence-corrected chi connectivity index (χ0v) is 9.65. The smallest absolute Gasteiger partial charge is 0.123 e. The number of fused-ring (bicyclic) bond motifs is 1. The quantitative estimate of drug-likeness (QED) is 0.805. The summed E-state index contributed by atoms with van der Waals surface area (Å²) in [7, 11) is 0. The van der Waals surface area contributed by atoms with E-state index < -0.39 is 0 Å². The molecule has 0 radical (unpaired) electrons. The highest BCUT2D eigenvalue weighted by molar-refractivity contribution is 5.65. The summed E-state index contributed by atoms with van der Waals surface area (Å²) < 4.78 is 5.68. The second-order valence-corrected chi connectivity index (χ2v) is 4.21. The molecule has 3 rings (SSSR count). The van der Waals surface area contributed by atoms with Gasteiger partial charge < -0.3 is 10.1 Å². The van der Waals surface area contributed by atoms with Crippen molar-refractivity contribution >= 4 is 0 Å². The Morgan fingerprint density at radius 2 is 1.82 bits per heavy atom. The summed E-state index contributed by atoms with van der Waals surface area (Å²) in [6, 6.07) is 16.8. The minimum Gasteiger partial charge on any atom is -0.492 e. The van der Waals surface area contributed by atoms with Gasteiger partial charge in [0.15, 0.2) is 0 Å². The number of hydrogen-bond donors (Lipinski definition) is 1. The monoisotopic (exact) mass is 225 g/mol. The molecule has 0 saturated carbocycles. The van der Waals surface area contributed by atoms with Crippen molar-refractivity contribution in [1.29, 1.82) is 0 Å². The van der Waals surface area contributed by atoms with Gasteiger partial charge in [-0.1, -0.05) is 36.4 Å². The van der Waals surface area contributed by atoms with Gasteiger partial charge in [0.25, 0.3) is 0 Å². The molecule has 2 aromatic carbocycles. The first kappa shape index (κ1) is 10.4. The molecule has 86 valence electrons. The van der Waals surface area contributed by atoms with Crippen LogP contribution in [0.3, 0.4) is 0 Å². The Morgan fingerprint density at radius 3 is 2.71 bits per heavy atom. The van der Waals surface area contributed by atoms with Crippen LogP contribution >= 0.6 is 0 Å². The molecule has 0 unspecified atom stereocenters. The fourth-order valence-corrected chi connectivity index (χ4v) is 2.12. The van der Waals surface area contributed by atoms with Crippen LogP contribution in [0.5, 0.6) is 5.75 Å². The minimum atomic E-state index is 0.748. The average Bonchev–Trinajstić information content (AvgIpc) is 2.64. The summed E-state index contributed by atoms with van der Waals surface area (Å²) in [6.45, 7) is 2.54. The van der Waals surface area contributed by atoms with E-state index in [1.54, 1.807) is 0 Å². The van der Waals surface area contributed by atoms with E-state index >= 15 is 0 Å². The molecular weight excluding hydrogens is 210 g/mol. The van der Waals surface area contributed by atoms with E-state index in [0.29, 0.717) is 0 Å². The summed E-state index contributed by atoms with van der Waals surface area (Å²) in [6.07, 6.45) is 0. The largest absolute Gasteiger partial charge is 0.492 e. The topological polar surface area (TPSA) is 21.3 Å². The number of ether oxygens (including phenoxy) is 1. The van der Waals surface area contributed by atoms with E-state index in [-0.39, 0.29) is 0 Å². The van der Waals surface area contributed by atoms with Crippen LogP contribution in [0.1, 0.15) is 5.56 Å². The summed E-state index contributed by atoms with van der Waals surface area (Å²) in [5.74, 6) is 1.01. The van der Waals surface area contributed by atoms with Crippen molar-refractivity contribution in [2.45, 2.75) is 6.54 Å². The van der Waals surface area contributed by atoms with E-state index in [1.807, 2.05) is 6.07 Å². The first-order chi connectivity index (χ1) is 8.43. The first-order valence-electron chi connectivity index (χ1n) is 5.95. The van der Waals surface area contributed by atoms with Gasteiger partial charge in [0, 0.05) is 18.7 Å². The van der Waals surface area contributed by atoms with Gasteiger partial charge >= 0.3 is 0 Å². The lowest BCUT2D eigenvalue weighted by molar-refractivity contribution is 0.326. The lowest BCUT2D eigenvalue weighted by Crippen LogP contribution is -2.16. The van der Waals surface area contributed by atoms with Crippen molar-refractivity contribution in [3.8, 4) is 16.9 Å². The molecule has 2 aromatic rings. The normalized spacial score (nSPS) is 14.6. The highest BCUT2D eigenvalue weighted by Crippen LogP contribution is 2.27. The van der Waals surface area contributed by atoms with E-state index in [4.69, 9.17) is 4.74 Å². The first-order valence-corrected chi connectivity index (χ1v) is 5.95. The Balaban J connectivity index is 2.00. The standard InChI is InChI=1S/C15H15NO/c1-2-4-12(5-3-1)13-6-7-15-14(10-13)11-16-8-9-17-15/h1-7,10,16H,8-9,11H2. The molecule has 1 aliphatic rings. The third kappa shape index (κ3) is 2.17. The molecule has 1 N–H and O–H groups in total. The van der Waals surface area contributed by atoms with Crippen molar-refractivity contribution < 1.29 is 4.74 Å². The molecule has 2 nitrogen and oxygen atoms in total. The van der Waals surface area contributed by atoms with Crippen LogP contribution in [-0.2, 0) is 6.54 Å². The summed E-state index contributed by atoms with van der Waals surface area (Å²) in [5.41, 5.74) is 3.74. The van der Waals surface area contributed by atoms with Gasteiger partial charge in [0.1, 0.15) is 12.4 Å². The Bertz CT molecular complexity index is 508. The minimum absolute atomic E-state index is 0.748. The highest BCUT2D eigenvalue weighted by Gasteiger charge is 2.09. The number of nitrogens with one attached hydrogen (secondary N) is 1. The average molecular weight is 225 g/mol. The van der Waals surface area contributed by atoms with Crippen LogP contribution < -0.4 is 10.1 Å². The third-order valence-corrected chi connectivity index (χ3v) is 3.02. The summed E-state index contributed by atoms with van der Waals surface area (Å²) in [5, 5.41) is 3.36. The maximum Gasteiger partial charge on any atom is 0.123 e. The predicted octanol–water partition coefficient (Wildman–Crippen LogP) is 2.84. The second-order valence-electron chi connectivity index (χ2n) is 4.21. The number of benzene rings is 2. The van der Waals surface area contributed by atoms with Crippen molar-refractivity contribution in [2.24, 2.45) is 0 Å². The van der Waals surface area contributed by atoms with Gasteiger partial charge in [0.05, 0.1) is 0 Å². The van der Waals surface area contributed by atoms with Crippen molar-refractivity contribution in [3.05, 3.63) is 54.1 Å². The Kier molecular flexibility index (Phi) is 2.80. The molecule has 0 spiro atoms. The summed E-state index contributed by atoms with van der Waals surface area (Å²) in [4.78, 5) is 0. The zero-order chi connectivity index (χ0) is 11.5. The third-order valence-electron chi connectivity index (χ3n) is 3.02. The zero-order valence-electron chi connectivity index (χ0n) is 9.65. The van der Waals surface area contributed by atoms with Gasteiger partial charge in [-0.15, -0.1) is 0 Å². The molecule has 0 fully saturated rings. The predicted molar refractivity (Wildman–Crippen MR) is 69.1 cm³/mol. The Morgan fingerprint density at radius 1 is 0.941 bits per heavy atom. The molecule has 0 saturated heterocycles. The maximum atomic E-state index is 5.68. The molecule has 1 heterocycles. The number of hydrogen-bond acceptors (Lipinski definition) is 2. The maximum absolute atomic E-state index is 5.68. The van der Waals surface area contributed by atoms with Crippen molar-refractivity contribution in [1.82, 2.24) is 5.32 Å². The molecule has 17 heavy (non-hydrogen) atoms. The molecule has 0 aliphatic carbocycles. The molecule has 2 heteroatoms. The SMILES string of the molecule is c1ccc(-c2ccc3c(c2)CNCCO3)cc1.